The second-order valence-electron chi connectivity index (χ2n) is 3.55. The molecule has 2 aromatic carbocycles. The van der Waals surface area contributed by atoms with E-state index in [2.05, 4.69) is 12.1 Å². The molecule has 0 fully saturated rings. The van der Waals surface area contributed by atoms with Crippen molar-refractivity contribution >= 4 is 19.4 Å². The Kier molecular flexibility index (Phi) is 4.17. The molecule has 1 N–H and O–H groups in total. The molecule has 82 valence electrons. The first-order valence-electron chi connectivity index (χ1n) is 5.27. The van der Waals surface area contributed by atoms with E-state index in [9.17, 15) is 5.11 Å². The fourth-order valence-electron chi connectivity index (χ4n) is 1.46. The first-order chi connectivity index (χ1) is 7.86. The van der Waals surface area contributed by atoms with E-state index in [1.807, 2.05) is 48.5 Å². The van der Waals surface area contributed by atoms with E-state index in [4.69, 9.17) is 0 Å². The van der Waals surface area contributed by atoms with E-state index >= 15 is 0 Å². The van der Waals surface area contributed by atoms with E-state index < -0.39 is 0 Å². The number of aliphatic hydroxyl groups excluding tert-OH is 1. The van der Waals surface area contributed by atoms with Gasteiger partial charge in [0, 0.05) is 0 Å². The summed E-state index contributed by atoms with van der Waals surface area (Å²) in [4.78, 5) is 0. The third kappa shape index (κ3) is 3.21. The van der Waals surface area contributed by atoms with Crippen LogP contribution >= 0.6 is 0 Å². The molecule has 0 amide bonds. The van der Waals surface area contributed by atoms with Crippen molar-refractivity contribution in [2.24, 2.45) is 0 Å². The van der Waals surface area contributed by atoms with Crippen molar-refractivity contribution in [3.8, 4) is 0 Å². The van der Waals surface area contributed by atoms with E-state index in [-0.39, 0.29) is 6.10 Å². The van der Waals surface area contributed by atoms with E-state index in [1.165, 1.54) is 4.46 Å². The molecule has 2 aromatic rings. The Balaban J connectivity index is 1.92. The third-order valence-corrected chi connectivity index (χ3v) is 4.62. The summed E-state index contributed by atoms with van der Waals surface area (Å²) >= 11 is 0.344. The summed E-state index contributed by atoms with van der Waals surface area (Å²) in [6, 6.07) is 20.2. The van der Waals surface area contributed by atoms with Crippen molar-refractivity contribution in [2.45, 2.75) is 11.4 Å². The van der Waals surface area contributed by atoms with Gasteiger partial charge in [0.2, 0.25) is 0 Å². The first-order valence-corrected chi connectivity index (χ1v) is 7.34. The minimum atomic E-state index is -0.332. The number of hydrogen-bond donors (Lipinski definition) is 1. The van der Waals surface area contributed by atoms with E-state index in [0.717, 1.165) is 10.9 Å². The van der Waals surface area contributed by atoms with Crippen molar-refractivity contribution in [2.75, 3.05) is 0 Å². The fourth-order valence-corrected chi connectivity index (χ4v) is 3.34. The van der Waals surface area contributed by atoms with Crippen molar-refractivity contribution in [3.63, 3.8) is 0 Å². The standard InChI is InChI=1S/C14H14OSe/c15-14(12-7-3-1-4-8-12)11-16-13-9-5-2-6-10-13/h1-10,14-15H,11H2. The van der Waals surface area contributed by atoms with Gasteiger partial charge in [-0.1, -0.05) is 0 Å². The predicted octanol–water partition coefficient (Wildman–Crippen LogP) is 2.17. The summed E-state index contributed by atoms with van der Waals surface area (Å²) in [6.45, 7) is 0. The van der Waals surface area contributed by atoms with Crippen LogP contribution in [-0.4, -0.2) is 20.1 Å². The summed E-state index contributed by atoms with van der Waals surface area (Å²) in [6.07, 6.45) is -0.332. The molecular formula is C14H14OSe. The minimum absolute atomic E-state index is 0.332. The molecule has 0 saturated heterocycles. The zero-order valence-corrected chi connectivity index (χ0v) is 10.6. The number of hydrogen-bond acceptors (Lipinski definition) is 1. The van der Waals surface area contributed by atoms with Crippen molar-refractivity contribution in [1.82, 2.24) is 0 Å². The van der Waals surface area contributed by atoms with Crippen LogP contribution in [0.15, 0.2) is 60.7 Å². The van der Waals surface area contributed by atoms with Crippen LogP contribution in [0.3, 0.4) is 0 Å². The topological polar surface area (TPSA) is 20.2 Å². The van der Waals surface area contributed by atoms with Gasteiger partial charge in [-0.15, -0.1) is 0 Å². The van der Waals surface area contributed by atoms with Crippen molar-refractivity contribution in [1.29, 1.82) is 0 Å². The first kappa shape index (κ1) is 11.4. The molecule has 0 aliphatic rings. The number of benzene rings is 2. The SMILES string of the molecule is OC(C[Se]c1ccccc1)c1ccccc1. The third-order valence-electron chi connectivity index (χ3n) is 2.34. The van der Waals surface area contributed by atoms with Crippen molar-refractivity contribution in [3.05, 3.63) is 66.2 Å². The van der Waals surface area contributed by atoms with Gasteiger partial charge in [-0.3, -0.25) is 0 Å². The maximum absolute atomic E-state index is 10.00. The van der Waals surface area contributed by atoms with Gasteiger partial charge in [-0.2, -0.15) is 0 Å². The molecule has 16 heavy (non-hydrogen) atoms. The molecule has 0 radical (unpaired) electrons. The zero-order valence-electron chi connectivity index (χ0n) is 8.91. The molecule has 1 nitrogen and oxygen atoms in total. The van der Waals surface area contributed by atoms with Crippen LogP contribution < -0.4 is 4.46 Å². The van der Waals surface area contributed by atoms with Gasteiger partial charge < -0.3 is 0 Å². The van der Waals surface area contributed by atoms with Gasteiger partial charge in [0.1, 0.15) is 0 Å². The van der Waals surface area contributed by atoms with Crippen LogP contribution in [0.4, 0.5) is 0 Å². The van der Waals surface area contributed by atoms with Gasteiger partial charge in [0.05, 0.1) is 0 Å². The molecule has 1 unspecified atom stereocenters. The predicted molar refractivity (Wildman–Crippen MR) is 68.0 cm³/mol. The second kappa shape index (κ2) is 5.86. The maximum atomic E-state index is 10.00. The average molecular weight is 277 g/mol. The summed E-state index contributed by atoms with van der Waals surface area (Å²) in [7, 11) is 0. The van der Waals surface area contributed by atoms with Crippen molar-refractivity contribution < 1.29 is 5.11 Å². The van der Waals surface area contributed by atoms with Gasteiger partial charge in [-0.25, -0.2) is 0 Å². The second-order valence-corrected chi connectivity index (χ2v) is 5.84. The number of rotatable bonds is 4. The summed E-state index contributed by atoms with van der Waals surface area (Å²) in [5.41, 5.74) is 1.01. The summed E-state index contributed by atoms with van der Waals surface area (Å²) in [5, 5.41) is 10.8. The Bertz CT molecular complexity index is 413. The fraction of sp³-hybridized carbons (Fsp3) is 0.143. The van der Waals surface area contributed by atoms with E-state index in [1.54, 1.807) is 0 Å². The normalized spacial score (nSPS) is 12.3. The molecular weight excluding hydrogens is 263 g/mol. The van der Waals surface area contributed by atoms with Crippen LogP contribution in [0.25, 0.3) is 0 Å². The van der Waals surface area contributed by atoms with Gasteiger partial charge in [-0.05, 0) is 0 Å². The van der Waals surface area contributed by atoms with E-state index in [0.29, 0.717) is 15.0 Å². The molecule has 2 heteroatoms. The average Bonchev–Trinajstić information content (AvgIpc) is 2.38. The quantitative estimate of drug-likeness (QED) is 0.849. The Hall–Kier alpha value is -1.08. The molecule has 0 saturated carbocycles. The zero-order chi connectivity index (χ0) is 11.2. The molecule has 0 bridgehead atoms. The van der Waals surface area contributed by atoms with Gasteiger partial charge in [0.25, 0.3) is 0 Å². The summed E-state index contributed by atoms with van der Waals surface area (Å²) in [5.74, 6) is 0. The number of aliphatic hydroxyl groups is 1. The van der Waals surface area contributed by atoms with Gasteiger partial charge in [0.15, 0.2) is 0 Å². The molecule has 0 aliphatic carbocycles. The van der Waals surface area contributed by atoms with Crippen LogP contribution in [0.2, 0.25) is 5.32 Å². The molecule has 0 spiro atoms. The van der Waals surface area contributed by atoms with Crippen LogP contribution in [0.1, 0.15) is 11.7 Å². The molecule has 0 heterocycles. The Labute approximate surface area is 102 Å². The Morgan fingerprint density at radius 1 is 0.875 bits per heavy atom. The molecule has 2 rings (SSSR count). The molecule has 0 aliphatic heterocycles. The summed E-state index contributed by atoms with van der Waals surface area (Å²) < 4.78 is 1.34. The van der Waals surface area contributed by atoms with Crippen LogP contribution in [-0.2, 0) is 0 Å². The molecule has 1 atom stereocenters. The monoisotopic (exact) mass is 278 g/mol. The van der Waals surface area contributed by atoms with Gasteiger partial charge >= 0.3 is 102 Å². The van der Waals surface area contributed by atoms with Crippen LogP contribution in [0, 0.1) is 0 Å². The molecule has 0 aromatic heterocycles. The van der Waals surface area contributed by atoms with Crippen LogP contribution in [0.5, 0.6) is 0 Å². The Morgan fingerprint density at radius 3 is 2.06 bits per heavy atom. The Morgan fingerprint density at radius 2 is 1.44 bits per heavy atom.